The lowest BCUT2D eigenvalue weighted by atomic mass is 10.1. The Balaban J connectivity index is 2.13. The Morgan fingerprint density at radius 3 is 2.81 bits per heavy atom. The molecule has 0 bridgehead atoms. The molecule has 1 unspecified atom stereocenters. The molecule has 0 saturated carbocycles. The van der Waals surface area contributed by atoms with Crippen molar-refractivity contribution in [2.75, 3.05) is 7.11 Å². The minimum atomic E-state index is -0.315. The summed E-state index contributed by atoms with van der Waals surface area (Å²) in [7, 11) is 1.55. The largest absolute Gasteiger partial charge is 0.506 e. The van der Waals surface area contributed by atoms with Gasteiger partial charge < -0.3 is 15.2 Å². The van der Waals surface area contributed by atoms with E-state index in [1.807, 2.05) is 6.92 Å². The minimum Gasteiger partial charge on any atom is -0.506 e. The van der Waals surface area contributed by atoms with Crippen molar-refractivity contribution in [3.8, 4) is 11.5 Å². The molecule has 0 fully saturated rings. The van der Waals surface area contributed by atoms with Crippen LogP contribution in [0.15, 0.2) is 36.4 Å². The number of para-hydroxylation sites is 1. The fourth-order valence-corrected chi connectivity index (χ4v) is 2.31. The van der Waals surface area contributed by atoms with Crippen LogP contribution in [0, 0.1) is 5.82 Å². The van der Waals surface area contributed by atoms with Crippen molar-refractivity contribution in [1.29, 1.82) is 0 Å². The van der Waals surface area contributed by atoms with Crippen LogP contribution in [0.2, 0.25) is 5.02 Å². The lowest BCUT2D eigenvalue weighted by molar-refractivity contribution is 0.399. The highest BCUT2D eigenvalue weighted by molar-refractivity contribution is 6.32. The lowest BCUT2D eigenvalue weighted by Crippen LogP contribution is -2.19. The van der Waals surface area contributed by atoms with Gasteiger partial charge in [-0.2, -0.15) is 0 Å². The average molecular weight is 310 g/mol. The van der Waals surface area contributed by atoms with Crippen LogP contribution in [0.4, 0.5) is 4.39 Å². The molecule has 2 rings (SSSR count). The molecule has 0 aliphatic rings. The molecular weight excluding hydrogens is 293 g/mol. The van der Waals surface area contributed by atoms with Gasteiger partial charge in [0.1, 0.15) is 17.3 Å². The van der Waals surface area contributed by atoms with E-state index in [2.05, 4.69) is 5.32 Å². The Labute approximate surface area is 128 Å². The van der Waals surface area contributed by atoms with Crippen LogP contribution in [0.3, 0.4) is 0 Å². The zero-order valence-electron chi connectivity index (χ0n) is 11.9. The van der Waals surface area contributed by atoms with Gasteiger partial charge in [0.05, 0.1) is 12.1 Å². The van der Waals surface area contributed by atoms with Crippen LogP contribution in [-0.4, -0.2) is 12.2 Å². The van der Waals surface area contributed by atoms with E-state index in [-0.39, 0.29) is 17.6 Å². The third-order valence-electron chi connectivity index (χ3n) is 3.33. The number of phenolic OH excluding ortho intramolecular Hbond substituents is 1. The Hall–Kier alpha value is -1.78. The molecule has 2 N–H and O–H groups in total. The standard InChI is InChI=1S/C16H17ClFNO2/c1-10(13-8-12(18)6-7-15(13)21-2)19-9-11-4-3-5-14(17)16(11)20/h3-8,10,19-20H,9H2,1-2H3. The van der Waals surface area contributed by atoms with Crippen LogP contribution in [0.1, 0.15) is 24.1 Å². The summed E-state index contributed by atoms with van der Waals surface area (Å²) in [6.07, 6.45) is 0. The maximum Gasteiger partial charge on any atom is 0.138 e. The fraction of sp³-hybridized carbons (Fsp3) is 0.250. The molecule has 0 spiro atoms. The SMILES string of the molecule is COc1ccc(F)cc1C(C)NCc1cccc(Cl)c1O. The van der Waals surface area contributed by atoms with E-state index in [1.165, 1.54) is 12.1 Å². The molecule has 3 nitrogen and oxygen atoms in total. The lowest BCUT2D eigenvalue weighted by Gasteiger charge is -2.18. The van der Waals surface area contributed by atoms with E-state index in [9.17, 15) is 9.50 Å². The molecule has 0 amide bonds. The summed E-state index contributed by atoms with van der Waals surface area (Å²) in [5, 5.41) is 13.4. The Morgan fingerprint density at radius 2 is 2.10 bits per heavy atom. The zero-order chi connectivity index (χ0) is 15.4. The van der Waals surface area contributed by atoms with Crippen LogP contribution < -0.4 is 10.1 Å². The molecule has 2 aromatic rings. The normalized spacial score (nSPS) is 12.2. The van der Waals surface area contributed by atoms with Crippen molar-refractivity contribution in [3.63, 3.8) is 0 Å². The van der Waals surface area contributed by atoms with Gasteiger partial charge in [-0.25, -0.2) is 4.39 Å². The zero-order valence-corrected chi connectivity index (χ0v) is 12.6. The van der Waals surface area contributed by atoms with Crippen LogP contribution in [0.5, 0.6) is 11.5 Å². The number of nitrogens with one attached hydrogen (secondary N) is 1. The fourth-order valence-electron chi connectivity index (χ4n) is 2.12. The second kappa shape index (κ2) is 6.78. The first kappa shape index (κ1) is 15.6. The molecule has 0 aliphatic heterocycles. The first-order chi connectivity index (χ1) is 10.0. The van der Waals surface area contributed by atoms with Crippen LogP contribution in [0.25, 0.3) is 0 Å². The highest BCUT2D eigenvalue weighted by atomic mass is 35.5. The van der Waals surface area contributed by atoms with Gasteiger partial charge in [-0.1, -0.05) is 23.7 Å². The van der Waals surface area contributed by atoms with E-state index in [0.717, 1.165) is 5.56 Å². The van der Waals surface area contributed by atoms with E-state index in [4.69, 9.17) is 16.3 Å². The van der Waals surface area contributed by atoms with Gasteiger partial charge in [0.15, 0.2) is 0 Å². The van der Waals surface area contributed by atoms with Gasteiger partial charge in [0.25, 0.3) is 0 Å². The summed E-state index contributed by atoms with van der Waals surface area (Å²) in [5.74, 6) is 0.363. The summed E-state index contributed by atoms with van der Waals surface area (Å²) in [6.45, 7) is 2.31. The molecular formula is C16H17ClFNO2. The first-order valence-corrected chi connectivity index (χ1v) is 6.94. The number of benzene rings is 2. The van der Waals surface area contributed by atoms with Gasteiger partial charge in [0.2, 0.25) is 0 Å². The molecule has 1 atom stereocenters. The second-order valence-corrected chi connectivity index (χ2v) is 5.14. The Morgan fingerprint density at radius 1 is 1.33 bits per heavy atom. The molecule has 0 aromatic heterocycles. The number of hydrogen-bond acceptors (Lipinski definition) is 3. The quantitative estimate of drug-likeness (QED) is 0.875. The van der Waals surface area contributed by atoms with Crippen LogP contribution in [-0.2, 0) is 6.54 Å². The van der Waals surface area contributed by atoms with E-state index in [0.29, 0.717) is 22.9 Å². The van der Waals surface area contributed by atoms with E-state index in [1.54, 1.807) is 31.4 Å². The molecule has 5 heteroatoms. The Kier molecular flexibility index (Phi) is 5.04. The van der Waals surface area contributed by atoms with Gasteiger partial charge in [-0.3, -0.25) is 0 Å². The van der Waals surface area contributed by atoms with Gasteiger partial charge in [-0.15, -0.1) is 0 Å². The Bertz CT molecular complexity index is 634. The predicted molar refractivity (Wildman–Crippen MR) is 81.3 cm³/mol. The number of methoxy groups -OCH3 is 1. The third kappa shape index (κ3) is 3.65. The highest BCUT2D eigenvalue weighted by Crippen LogP contribution is 2.29. The number of rotatable bonds is 5. The predicted octanol–water partition coefficient (Wildman–Crippen LogP) is 4.04. The maximum atomic E-state index is 13.4. The number of aromatic hydroxyl groups is 1. The van der Waals surface area contributed by atoms with Crippen molar-refractivity contribution in [1.82, 2.24) is 5.32 Å². The highest BCUT2D eigenvalue weighted by Gasteiger charge is 2.13. The van der Waals surface area contributed by atoms with Crippen molar-refractivity contribution in [2.45, 2.75) is 19.5 Å². The van der Waals surface area contributed by atoms with Crippen molar-refractivity contribution < 1.29 is 14.2 Å². The molecule has 21 heavy (non-hydrogen) atoms. The molecule has 0 saturated heterocycles. The van der Waals surface area contributed by atoms with E-state index >= 15 is 0 Å². The third-order valence-corrected chi connectivity index (χ3v) is 3.63. The smallest absolute Gasteiger partial charge is 0.138 e. The molecule has 0 aliphatic carbocycles. The number of ether oxygens (including phenoxy) is 1. The van der Waals surface area contributed by atoms with Crippen molar-refractivity contribution in [2.24, 2.45) is 0 Å². The second-order valence-electron chi connectivity index (χ2n) is 4.74. The van der Waals surface area contributed by atoms with Gasteiger partial charge in [-0.05, 0) is 31.2 Å². The minimum absolute atomic E-state index is 0.0603. The van der Waals surface area contributed by atoms with Crippen LogP contribution >= 0.6 is 11.6 Å². The topological polar surface area (TPSA) is 41.5 Å². The summed E-state index contributed by atoms with van der Waals surface area (Å²) in [5.41, 5.74) is 1.41. The van der Waals surface area contributed by atoms with Crippen molar-refractivity contribution >= 4 is 11.6 Å². The first-order valence-electron chi connectivity index (χ1n) is 6.56. The molecule has 0 heterocycles. The summed E-state index contributed by atoms with van der Waals surface area (Å²) >= 11 is 5.87. The summed E-state index contributed by atoms with van der Waals surface area (Å²) in [6, 6.07) is 9.43. The number of phenols is 1. The average Bonchev–Trinajstić information content (AvgIpc) is 2.48. The molecule has 112 valence electrons. The summed E-state index contributed by atoms with van der Waals surface area (Å²) < 4.78 is 18.6. The van der Waals surface area contributed by atoms with E-state index < -0.39 is 0 Å². The number of hydrogen-bond donors (Lipinski definition) is 2. The van der Waals surface area contributed by atoms with Gasteiger partial charge in [0, 0.05) is 23.7 Å². The maximum absolute atomic E-state index is 13.4. The van der Waals surface area contributed by atoms with Gasteiger partial charge >= 0.3 is 0 Å². The number of halogens is 2. The molecule has 0 radical (unpaired) electrons. The monoisotopic (exact) mass is 309 g/mol. The molecule has 2 aromatic carbocycles. The van der Waals surface area contributed by atoms with Crippen molar-refractivity contribution in [3.05, 3.63) is 58.4 Å². The summed E-state index contributed by atoms with van der Waals surface area (Å²) in [4.78, 5) is 0.